The van der Waals surface area contributed by atoms with Crippen molar-refractivity contribution in [3.63, 3.8) is 0 Å². The second kappa shape index (κ2) is 12.1. The Bertz CT molecular complexity index is 1220. The number of pyridine rings is 2. The van der Waals surface area contributed by atoms with E-state index in [1.54, 1.807) is 36.7 Å². The number of benzene rings is 1. The van der Waals surface area contributed by atoms with Gasteiger partial charge in [0, 0.05) is 44.2 Å². The number of hydrogen-bond acceptors (Lipinski definition) is 6. The highest BCUT2D eigenvalue weighted by Gasteiger charge is 2.26. The maximum atomic E-state index is 13.4. The molecule has 1 aromatic carbocycles. The number of hydrogen-bond donors (Lipinski definition) is 2. The number of halogens is 1. The summed E-state index contributed by atoms with van der Waals surface area (Å²) in [4.78, 5) is 11.1. The molecule has 0 aliphatic carbocycles. The fourth-order valence-corrected chi connectivity index (χ4v) is 6.34. The van der Waals surface area contributed by atoms with Gasteiger partial charge >= 0.3 is 0 Å². The van der Waals surface area contributed by atoms with Crippen molar-refractivity contribution in [3.8, 4) is 0 Å². The van der Waals surface area contributed by atoms with Gasteiger partial charge in [0.15, 0.2) is 0 Å². The summed E-state index contributed by atoms with van der Waals surface area (Å²) in [6.07, 6.45) is 6.79. The number of nitrogens with zero attached hydrogens (tertiary/aromatic N) is 3. The Labute approximate surface area is 218 Å². The van der Waals surface area contributed by atoms with Crippen molar-refractivity contribution < 1.29 is 13.5 Å². The van der Waals surface area contributed by atoms with Crippen molar-refractivity contribution >= 4 is 27.3 Å². The molecule has 2 N–H and O–H groups in total. The lowest BCUT2D eigenvalue weighted by Crippen LogP contribution is -2.34. The van der Waals surface area contributed by atoms with Gasteiger partial charge in [0.05, 0.1) is 27.3 Å². The van der Waals surface area contributed by atoms with Gasteiger partial charge in [0.2, 0.25) is 10.0 Å². The normalized spacial score (nSPS) is 16.6. The fraction of sp³-hybridized carbons (Fsp3) is 0.407. The van der Waals surface area contributed by atoms with Crippen LogP contribution in [0.2, 0.25) is 5.02 Å². The van der Waals surface area contributed by atoms with E-state index in [4.69, 9.17) is 11.6 Å². The van der Waals surface area contributed by atoms with Crippen LogP contribution in [0.15, 0.2) is 71.9 Å². The van der Waals surface area contributed by atoms with E-state index in [9.17, 15) is 13.5 Å². The van der Waals surface area contributed by atoms with Crippen molar-refractivity contribution in [1.29, 1.82) is 0 Å². The summed E-state index contributed by atoms with van der Waals surface area (Å²) in [6, 6.07) is 15.3. The molecule has 1 aliphatic heterocycles. The van der Waals surface area contributed by atoms with Crippen LogP contribution in [0.3, 0.4) is 0 Å². The number of aliphatic hydroxyl groups is 1. The molecule has 3 heterocycles. The zero-order valence-electron chi connectivity index (χ0n) is 20.4. The molecule has 1 fully saturated rings. The van der Waals surface area contributed by atoms with Crippen LogP contribution in [-0.4, -0.2) is 43.2 Å². The number of sulfonamides is 1. The Morgan fingerprint density at radius 1 is 1.08 bits per heavy atom. The Hall–Kier alpha value is -2.52. The molecule has 2 aromatic heterocycles. The standard InChI is InChI=1S/C27H33ClN4O3S/c1-20(19-33)16-21-10-14-32(15-11-21)27-9-8-23(18-24(27)28)36(34,35)31-26(25-7-3-5-13-30-25)17-22-6-2-4-12-29-22/h2-9,12-13,18,20-21,26,31,33H,10-11,14-17,19H2,1H3. The van der Waals surface area contributed by atoms with Gasteiger partial charge in [-0.2, -0.15) is 0 Å². The Kier molecular flexibility index (Phi) is 8.95. The Morgan fingerprint density at radius 3 is 2.42 bits per heavy atom. The second-order valence-electron chi connectivity index (χ2n) is 9.52. The number of anilines is 1. The third-order valence-electron chi connectivity index (χ3n) is 6.71. The van der Waals surface area contributed by atoms with Crippen LogP contribution in [-0.2, 0) is 16.4 Å². The molecule has 192 valence electrons. The minimum absolute atomic E-state index is 0.116. The average molecular weight is 529 g/mol. The lowest BCUT2D eigenvalue weighted by atomic mass is 9.88. The van der Waals surface area contributed by atoms with Crippen molar-refractivity contribution in [2.75, 3.05) is 24.6 Å². The molecule has 1 saturated heterocycles. The predicted octanol–water partition coefficient (Wildman–Crippen LogP) is 4.63. The molecular formula is C27H33ClN4O3S. The number of piperidine rings is 1. The van der Waals surface area contributed by atoms with Gasteiger partial charge in [-0.1, -0.05) is 30.7 Å². The SMILES string of the molecule is CC(CO)CC1CCN(c2ccc(S(=O)(=O)NC(Cc3ccccn3)c3ccccn3)cc2Cl)CC1. The van der Waals surface area contributed by atoms with Crippen LogP contribution in [0.5, 0.6) is 0 Å². The van der Waals surface area contributed by atoms with E-state index < -0.39 is 16.1 Å². The van der Waals surface area contributed by atoms with E-state index in [0.717, 1.165) is 43.7 Å². The summed E-state index contributed by atoms with van der Waals surface area (Å²) in [6.45, 7) is 4.02. The predicted molar refractivity (Wildman–Crippen MR) is 142 cm³/mol. The maximum Gasteiger partial charge on any atom is 0.241 e. The number of aliphatic hydroxyl groups excluding tert-OH is 1. The zero-order valence-corrected chi connectivity index (χ0v) is 22.0. The highest BCUT2D eigenvalue weighted by molar-refractivity contribution is 7.89. The fourth-order valence-electron chi connectivity index (χ4n) is 4.74. The molecule has 2 unspecified atom stereocenters. The molecule has 0 spiro atoms. The largest absolute Gasteiger partial charge is 0.396 e. The molecule has 0 amide bonds. The van der Waals surface area contributed by atoms with Gasteiger partial charge in [-0.25, -0.2) is 13.1 Å². The molecule has 36 heavy (non-hydrogen) atoms. The first kappa shape index (κ1) is 26.5. The second-order valence-corrected chi connectivity index (χ2v) is 11.6. The van der Waals surface area contributed by atoms with Crippen LogP contribution in [0.25, 0.3) is 0 Å². The summed E-state index contributed by atoms with van der Waals surface area (Å²) >= 11 is 6.61. The Morgan fingerprint density at radius 2 is 1.81 bits per heavy atom. The molecule has 4 rings (SSSR count). The minimum Gasteiger partial charge on any atom is -0.396 e. The number of rotatable bonds is 10. The smallest absolute Gasteiger partial charge is 0.241 e. The summed E-state index contributed by atoms with van der Waals surface area (Å²) in [5.74, 6) is 0.906. The summed E-state index contributed by atoms with van der Waals surface area (Å²) in [5.41, 5.74) is 2.23. The van der Waals surface area contributed by atoms with Crippen molar-refractivity contribution in [2.24, 2.45) is 11.8 Å². The van der Waals surface area contributed by atoms with Crippen LogP contribution in [0.1, 0.15) is 43.6 Å². The molecular weight excluding hydrogens is 496 g/mol. The van der Waals surface area contributed by atoms with E-state index in [1.165, 1.54) is 6.07 Å². The molecule has 3 aromatic rings. The summed E-state index contributed by atoms with van der Waals surface area (Å²) in [5, 5.41) is 9.74. The van der Waals surface area contributed by atoms with Crippen molar-refractivity contribution in [1.82, 2.24) is 14.7 Å². The van der Waals surface area contributed by atoms with E-state index in [-0.39, 0.29) is 11.5 Å². The molecule has 7 nitrogen and oxygen atoms in total. The average Bonchev–Trinajstić information content (AvgIpc) is 2.90. The van der Waals surface area contributed by atoms with E-state index in [1.807, 2.05) is 24.3 Å². The lowest BCUT2D eigenvalue weighted by Gasteiger charge is -2.35. The van der Waals surface area contributed by atoms with Gasteiger partial charge in [0.25, 0.3) is 0 Å². The molecule has 9 heteroatoms. The molecule has 0 bridgehead atoms. The Balaban J connectivity index is 1.48. The van der Waals surface area contributed by atoms with E-state index in [0.29, 0.717) is 29.0 Å². The van der Waals surface area contributed by atoms with E-state index in [2.05, 4.69) is 26.5 Å². The number of aromatic nitrogens is 2. The highest BCUT2D eigenvalue weighted by atomic mass is 35.5. The first-order valence-corrected chi connectivity index (χ1v) is 14.2. The van der Waals surface area contributed by atoms with Gasteiger partial charge < -0.3 is 10.0 Å². The number of nitrogens with one attached hydrogen (secondary N) is 1. The summed E-state index contributed by atoms with van der Waals surface area (Å²) in [7, 11) is -3.87. The van der Waals surface area contributed by atoms with Crippen LogP contribution < -0.4 is 9.62 Å². The van der Waals surface area contributed by atoms with Crippen molar-refractivity contribution in [2.45, 2.75) is 43.5 Å². The maximum absolute atomic E-state index is 13.4. The first-order valence-electron chi connectivity index (χ1n) is 12.3. The van der Waals surface area contributed by atoms with Crippen LogP contribution in [0, 0.1) is 11.8 Å². The minimum atomic E-state index is -3.87. The monoisotopic (exact) mass is 528 g/mol. The van der Waals surface area contributed by atoms with Crippen molar-refractivity contribution in [3.05, 3.63) is 83.4 Å². The third-order valence-corrected chi connectivity index (χ3v) is 8.49. The highest BCUT2D eigenvalue weighted by Crippen LogP contribution is 2.33. The molecule has 0 radical (unpaired) electrons. The van der Waals surface area contributed by atoms with Gasteiger partial charge in [0.1, 0.15) is 0 Å². The summed E-state index contributed by atoms with van der Waals surface area (Å²) < 4.78 is 29.5. The van der Waals surface area contributed by atoms with Gasteiger partial charge in [-0.15, -0.1) is 0 Å². The van der Waals surface area contributed by atoms with E-state index >= 15 is 0 Å². The van der Waals surface area contributed by atoms with Gasteiger partial charge in [-0.05, 0) is 73.6 Å². The third kappa shape index (κ3) is 6.82. The van der Waals surface area contributed by atoms with Gasteiger partial charge in [-0.3, -0.25) is 9.97 Å². The zero-order chi connectivity index (χ0) is 25.5. The lowest BCUT2D eigenvalue weighted by molar-refractivity contribution is 0.203. The molecule has 2 atom stereocenters. The van der Waals surface area contributed by atoms with Crippen LogP contribution in [0.4, 0.5) is 5.69 Å². The molecule has 0 saturated carbocycles. The topological polar surface area (TPSA) is 95.4 Å². The van der Waals surface area contributed by atoms with Crippen LogP contribution >= 0.6 is 11.6 Å². The molecule has 1 aliphatic rings. The quantitative estimate of drug-likeness (QED) is 0.398. The first-order chi connectivity index (χ1) is 17.4.